The van der Waals surface area contributed by atoms with E-state index in [9.17, 15) is 14.9 Å². The molecule has 0 atom stereocenters. The molecule has 1 N–H and O–H groups in total. The van der Waals surface area contributed by atoms with E-state index >= 15 is 0 Å². The van der Waals surface area contributed by atoms with Gasteiger partial charge in [0.25, 0.3) is 11.6 Å². The van der Waals surface area contributed by atoms with Crippen LogP contribution in [0.25, 0.3) is 0 Å². The van der Waals surface area contributed by atoms with E-state index in [0.717, 1.165) is 0 Å². The van der Waals surface area contributed by atoms with Crippen LogP contribution < -0.4 is 5.32 Å². The van der Waals surface area contributed by atoms with Crippen molar-refractivity contribution >= 4 is 17.5 Å². The van der Waals surface area contributed by atoms with E-state index in [1.54, 1.807) is 0 Å². The average molecular weight is 276 g/mol. The van der Waals surface area contributed by atoms with Crippen molar-refractivity contribution in [3.8, 4) is 0 Å². The maximum absolute atomic E-state index is 12.1. The molecule has 0 aliphatic rings. The zero-order valence-electron chi connectivity index (χ0n) is 10.9. The third-order valence-electron chi connectivity index (χ3n) is 2.80. The minimum atomic E-state index is -0.526. The zero-order chi connectivity index (χ0) is 14.7. The Kier molecular flexibility index (Phi) is 3.69. The Labute approximate surface area is 113 Å². The molecule has 0 radical (unpaired) electrons. The minimum absolute atomic E-state index is 0.104. The normalized spacial score (nSPS) is 10.3. The number of amides is 1. The molecule has 9 heteroatoms. The highest BCUT2D eigenvalue weighted by Crippen LogP contribution is 2.21. The summed E-state index contributed by atoms with van der Waals surface area (Å²) in [5.74, 6) is -0.292. The van der Waals surface area contributed by atoms with Crippen molar-refractivity contribution in [2.24, 2.45) is 0 Å². The molecule has 0 fully saturated rings. The first-order valence-corrected chi connectivity index (χ1v) is 5.86. The van der Waals surface area contributed by atoms with Gasteiger partial charge in [0.05, 0.1) is 4.92 Å². The number of tetrazole rings is 1. The second kappa shape index (κ2) is 5.43. The van der Waals surface area contributed by atoms with Crippen LogP contribution in [0.1, 0.15) is 22.8 Å². The molecular formula is C11H12N6O3. The van der Waals surface area contributed by atoms with Crippen LogP contribution in [0, 0.1) is 17.0 Å². The van der Waals surface area contributed by atoms with Gasteiger partial charge in [-0.25, -0.2) is 4.68 Å². The second-order valence-corrected chi connectivity index (χ2v) is 3.98. The zero-order valence-corrected chi connectivity index (χ0v) is 10.9. The predicted octanol–water partition coefficient (Wildman–Crippen LogP) is 1.16. The maximum Gasteiger partial charge on any atom is 0.273 e. The molecule has 0 aliphatic heterocycles. The number of benzene rings is 1. The van der Waals surface area contributed by atoms with Crippen LogP contribution in [0.4, 0.5) is 11.6 Å². The van der Waals surface area contributed by atoms with E-state index in [4.69, 9.17) is 0 Å². The summed E-state index contributed by atoms with van der Waals surface area (Å²) in [6.07, 6.45) is 0. The minimum Gasteiger partial charge on any atom is -0.289 e. The monoisotopic (exact) mass is 276 g/mol. The maximum atomic E-state index is 12.1. The van der Waals surface area contributed by atoms with Gasteiger partial charge in [0.15, 0.2) is 0 Å². The number of nitrogens with one attached hydrogen (secondary N) is 1. The van der Waals surface area contributed by atoms with Crippen LogP contribution in [-0.2, 0) is 6.54 Å². The summed E-state index contributed by atoms with van der Waals surface area (Å²) in [7, 11) is 0. The number of rotatable bonds is 4. The lowest BCUT2D eigenvalue weighted by Crippen LogP contribution is -2.17. The molecule has 104 valence electrons. The first-order valence-electron chi connectivity index (χ1n) is 5.86. The lowest BCUT2D eigenvalue weighted by atomic mass is 10.1. The van der Waals surface area contributed by atoms with E-state index in [1.807, 2.05) is 6.92 Å². The van der Waals surface area contributed by atoms with Crippen molar-refractivity contribution in [2.75, 3.05) is 5.32 Å². The smallest absolute Gasteiger partial charge is 0.273 e. The number of aryl methyl sites for hydroxylation is 1. The molecule has 0 aliphatic carbocycles. The molecule has 1 aromatic heterocycles. The van der Waals surface area contributed by atoms with Gasteiger partial charge in [-0.3, -0.25) is 20.2 Å². The second-order valence-electron chi connectivity index (χ2n) is 3.98. The highest BCUT2D eigenvalue weighted by molar-refractivity contribution is 6.05. The summed E-state index contributed by atoms with van der Waals surface area (Å²) in [5.41, 5.74) is 0.406. The standard InChI is InChI=1S/C11H12N6O3/c1-3-16-11(13-14-15-16)12-10(18)8-5-4-6-9(7(8)2)17(19)20/h4-6H,3H2,1-2H3,(H,12,13,15,18). The molecule has 1 amide bonds. The molecule has 9 nitrogen and oxygen atoms in total. The fourth-order valence-corrected chi connectivity index (χ4v) is 1.74. The van der Waals surface area contributed by atoms with Crippen molar-refractivity contribution < 1.29 is 9.72 Å². The van der Waals surface area contributed by atoms with Crippen molar-refractivity contribution in [1.29, 1.82) is 0 Å². The van der Waals surface area contributed by atoms with Gasteiger partial charge < -0.3 is 0 Å². The Morgan fingerprint density at radius 3 is 2.90 bits per heavy atom. The Balaban J connectivity index is 2.30. The number of nitro groups is 1. The fourth-order valence-electron chi connectivity index (χ4n) is 1.74. The molecule has 0 bridgehead atoms. The van der Waals surface area contributed by atoms with E-state index < -0.39 is 10.8 Å². The number of carbonyl (C=O) groups is 1. The summed E-state index contributed by atoms with van der Waals surface area (Å²) in [5, 5.41) is 24.2. The first-order chi connectivity index (χ1) is 9.54. The van der Waals surface area contributed by atoms with Gasteiger partial charge in [0, 0.05) is 23.7 Å². The Morgan fingerprint density at radius 1 is 1.50 bits per heavy atom. The van der Waals surface area contributed by atoms with Crippen LogP contribution in [0.2, 0.25) is 0 Å². The fraction of sp³-hybridized carbons (Fsp3) is 0.273. The summed E-state index contributed by atoms with van der Waals surface area (Å²) in [4.78, 5) is 22.5. The van der Waals surface area contributed by atoms with Gasteiger partial charge in [0.2, 0.25) is 5.95 Å². The van der Waals surface area contributed by atoms with Gasteiger partial charge >= 0.3 is 0 Å². The third-order valence-corrected chi connectivity index (χ3v) is 2.80. The summed E-state index contributed by atoms with van der Waals surface area (Å²) in [6.45, 7) is 3.84. The molecule has 0 spiro atoms. The van der Waals surface area contributed by atoms with Gasteiger partial charge in [-0.05, 0) is 30.3 Å². The number of nitrogens with zero attached hydrogens (tertiary/aromatic N) is 5. The summed E-state index contributed by atoms with van der Waals surface area (Å²) >= 11 is 0. The number of aromatic nitrogens is 4. The number of hydrogen-bond donors (Lipinski definition) is 1. The van der Waals surface area contributed by atoms with E-state index in [1.165, 1.54) is 29.8 Å². The topological polar surface area (TPSA) is 116 Å². The number of hydrogen-bond acceptors (Lipinski definition) is 6. The lowest BCUT2D eigenvalue weighted by Gasteiger charge is -2.07. The quantitative estimate of drug-likeness (QED) is 0.661. The van der Waals surface area contributed by atoms with Crippen molar-refractivity contribution in [3.63, 3.8) is 0 Å². The third kappa shape index (κ3) is 2.46. The van der Waals surface area contributed by atoms with Gasteiger partial charge in [-0.15, -0.1) is 0 Å². The van der Waals surface area contributed by atoms with Crippen molar-refractivity contribution in [3.05, 3.63) is 39.4 Å². The molecule has 0 unspecified atom stereocenters. The highest BCUT2D eigenvalue weighted by Gasteiger charge is 2.19. The summed E-state index contributed by atoms with van der Waals surface area (Å²) in [6, 6.07) is 4.32. The summed E-state index contributed by atoms with van der Waals surface area (Å²) < 4.78 is 1.41. The molecule has 0 saturated carbocycles. The molecule has 2 aromatic rings. The Morgan fingerprint density at radius 2 is 2.25 bits per heavy atom. The van der Waals surface area contributed by atoms with Crippen LogP contribution >= 0.6 is 0 Å². The highest BCUT2D eigenvalue weighted by atomic mass is 16.6. The molecule has 20 heavy (non-hydrogen) atoms. The predicted molar refractivity (Wildman–Crippen MR) is 69.3 cm³/mol. The van der Waals surface area contributed by atoms with E-state index in [2.05, 4.69) is 20.8 Å². The SMILES string of the molecule is CCn1nnnc1NC(=O)c1cccc([N+](=O)[O-])c1C. The van der Waals surface area contributed by atoms with Crippen LogP contribution in [0.5, 0.6) is 0 Å². The average Bonchev–Trinajstić information content (AvgIpc) is 2.85. The van der Waals surface area contributed by atoms with Crippen molar-refractivity contribution in [2.45, 2.75) is 20.4 Å². The number of anilines is 1. The van der Waals surface area contributed by atoms with Gasteiger partial charge in [-0.1, -0.05) is 11.2 Å². The molecule has 1 aromatic carbocycles. The van der Waals surface area contributed by atoms with E-state index in [-0.39, 0.29) is 17.2 Å². The number of nitro benzene ring substituents is 1. The largest absolute Gasteiger partial charge is 0.289 e. The molecular weight excluding hydrogens is 264 g/mol. The van der Waals surface area contributed by atoms with E-state index in [0.29, 0.717) is 12.1 Å². The Bertz CT molecular complexity index is 666. The van der Waals surface area contributed by atoms with Crippen LogP contribution in [0.3, 0.4) is 0 Å². The molecule has 1 heterocycles. The number of carbonyl (C=O) groups excluding carboxylic acids is 1. The molecule has 0 saturated heterocycles. The Hall–Kier alpha value is -2.84. The molecule has 2 rings (SSSR count). The van der Waals surface area contributed by atoms with Crippen LogP contribution in [-0.4, -0.2) is 31.0 Å². The van der Waals surface area contributed by atoms with Crippen LogP contribution in [0.15, 0.2) is 18.2 Å². The van der Waals surface area contributed by atoms with Crippen molar-refractivity contribution in [1.82, 2.24) is 20.2 Å². The first kappa shape index (κ1) is 13.6. The lowest BCUT2D eigenvalue weighted by molar-refractivity contribution is -0.385. The van der Waals surface area contributed by atoms with Gasteiger partial charge in [0.1, 0.15) is 0 Å². The van der Waals surface area contributed by atoms with Gasteiger partial charge in [-0.2, -0.15) is 0 Å².